The van der Waals surface area contributed by atoms with Crippen molar-refractivity contribution in [2.45, 2.75) is 12.6 Å². The van der Waals surface area contributed by atoms with Crippen LogP contribution in [0.5, 0.6) is 5.75 Å². The van der Waals surface area contributed by atoms with Gasteiger partial charge in [0.05, 0.1) is 6.61 Å². The molecule has 6 heteroatoms. The van der Waals surface area contributed by atoms with Gasteiger partial charge in [0.15, 0.2) is 0 Å². The van der Waals surface area contributed by atoms with Crippen LogP contribution in [0.25, 0.3) is 0 Å². The molecule has 18 heavy (non-hydrogen) atoms. The molecule has 0 unspecified atom stereocenters. The van der Waals surface area contributed by atoms with E-state index < -0.39 is 12.8 Å². The van der Waals surface area contributed by atoms with E-state index in [1.54, 1.807) is 24.3 Å². The first-order valence-electron chi connectivity index (χ1n) is 5.48. The van der Waals surface area contributed by atoms with Crippen LogP contribution in [0.1, 0.15) is 5.56 Å². The number of hydrogen-bond donors (Lipinski definition) is 1. The smallest absolute Gasteiger partial charge is 0.411 e. The molecule has 0 saturated carbocycles. The summed E-state index contributed by atoms with van der Waals surface area (Å²) in [6.45, 7) is -1.23. The fourth-order valence-electron chi connectivity index (χ4n) is 1.29. The summed E-state index contributed by atoms with van der Waals surface area (Å²) in [6.07, 6.45) is -3.74. The Morgan fingerprint density at radius 3 is 2.28 bits per heavy atom. The van der Waals surface area contributed by atoms with Gasteiger partial charge in [-0.05, 0) is 24.1 Å². The lowest BCUT2D eigenvalue weighted by atomic mass is 10.1. The van der Waals surface area contributed by atoms with Crippen molar-refractivity contribution in [2.24, 2.45) is 0 Å². The zero-order valence-electron chi connectivity index (χ0n) is 9.74. The Morgan fingerprint density at radius 1 is 1.06 bits per heavy atom. The summed E-state index contributed by atoms with van der Waals surface area (Å²) in [7, 11) is 0. The van der Waals surface area contributed by atoms with Crippen LogP contribution in [0.2, 0.25) is 0 Å². The number of aliphatic hydroxyl groups is 1. The van der Waals surface area contributed by atoms with Crippen LogP contribution in [-0.2, 0) is 11.2 Å². The molecule has 1 aromatic carbocycles. The van der Waals surface area contributed by atoms with E-state index in [4.69, 9.17) is 9.84 Å². The topological polar surface area (TPSA) is 38.7 Å². The van der Waals surface area contributed by atoms with Gasteiger partial charge in [0.2, 0.25) is 0 Å². The van der Waals surface area contributed by atoms with Crippen LogP contribution in [0.15, 0.2) is 24.3 Å². The van der Waals surface area contributed by atoms with Gasteiger partial charge < -0.3 is 14.6 Å². The number of ether oxygens (including phenoxy) is 2. The molecule has 0 bridgehead atoms. The second kappa shape index (κ2) is 7.23. The lowest BCUT2D eigenvalue weighted by molar-refractivity contribution is -0.175. The van der Waals surface area contributed by atoms with E-state index in [0.717, 1.165) is 5.56 Å². The third kappa shape index (κ3) is 6.46. The van der Waals surface area contributed by atoms with Gasteiger partial charge in [-0.3, -0.25) is 0 Å². The standard InChI is InChI=1S/C12H15F3O3/c13-12(14,15)9-17-7-8-18-11-3-1-10(2-4-11)5-6-16/h1-4,16H,5-9H2. The van der Waals surface area contributed by atoms with E-state index in [1.807, 2.05) is 0 Å². The average molecular weight is 264 g/mol. The summed E-state index contributed by atoms with van der Waals surface area (Å²) in [6, 6.07) is 6.99. The quantitative estimate of drug-likeness (QED) is 0.767. The zero-order valence-corrected chi connectivity index (χ0v) is 9.74. The normalized spacial score (nSPS) is 11.6. The van der Waals surface area contributed by atoms with E-state index in [9.17, 15) is 13.2 Å². The molecule has 1 aromatic rings. The van der Waals surface area contributed by atoms with Gasteiger partial charge in [0, 0.05) is 6.61 Å². The van der Waals surface area contributed by atoms with Crippen LogP contribution in [-0.4, -0.2) is 37.7 Å². The van der Waals surface area contributed by atoms with Gasteiger partial charge in [-0.15, -0.1) is 0 Å². The lowest BCUT2D eigenvalue weighted by Gasteiger charge is -2.09. The summed E-state index contributed by atoms with van der Waals surface area (Å²) < 4.78 is 44.8. The summed E-state index contributed by atoms with van der Waals surface area (Å²) in [5, 5.41) is 8.72. The van der Waals surface area contributed by atoms with Gasteiger partial charge in [0.25, 0.3) is 0 Å². The first-order chi connectivity index (χ1) is 8.51. The molecule has 0 saturated heterocycles. The van der Waals surface area contributed by atoms with Crippen molar-refractivity contribution in [3.63, 3.8) is 0 Å². The van der Waals surface area contributed by atoms with Crippen molar-refractivity contribution < 1.29 is 27.8 Å². The minimum atomic E-state index is -4.30. The fourth-order valence-corrected chi connectivity index (χ4v) is 1.29. The van der Waals surface area contributed by atoms with Gasteiger partial charge in [0.1, 0.15) is 19.0 Å². The SMILES string of the molecule is OCCc1ccc(OCCOCC(F)(F)F)cc1. The number of benzene rings is 1. The second-order valence-electron chi connectivity index (χ2n) is 3.63. The molecule has 0 aliphatic rings. The average Bonchev–Trinajstić information content (AvgIpc) is 2.30. The highest BCUT2D eigenvalue weighted by atomic mass is 19.4. The Labute approximate surface area is 103 Å². The van der Waals surface area contributed by atoms with Gasteiger partial charge in [-0.1, -0.05) is 12.1 Å². The number of aliphatic hydroxyl groups excluding tert-OH is 1. The maximum absolute atomic E-state index is 11.7. The summed E-state index contributed by atoms with van der Waals surface area (Å²) in [5.74, 6) is 0.562. The van der Waals surface area contributed by atoms with E-state index in [1.165, 1.54) is 0 Å². The first-order valence-corrected chi connectivity index (χ1v) is 5.48. The number of halogens is 3. The monoisotopic (exact) mass is 264 g/mol. The molecule has 0 aliphatic heterocycles. The van der Waals surface area contributed by atoms with Gasteiger partial charge >= 0.3 is 6.18 Å². The van der Waals surface area contributed by atoms with Crippen molar-refractivity contribution in [2.75, 3.05) is 26.4 Å². The molecule has 1 rings (SSSR count). The number of rotatable bonds is 7. The van der Waals surface area contributed by atoms with Gasteiger partial charge in [-0.2, -0.15) is 13.2 Å². The summed E-state index contributed by atoms with van der Waals surface area (Å²) >= 11 is 0. The number of alkyl halides is 3. The third-order valence-corrected chi connectivity index (χ3v) is 2.09. The largest absolute Gasteiger partial charge is 0.491 e. The Hall–Kier alpha value is -1.27. The van der Waals surface area contributed by atoms with E-state index in [-0.39, 0.29) is 19.8 Å². The molecule has 0 radical (unpaired) electrons. The predicted octanol–water partition coefficient (Wildman–Crippen LogP) is 2.18. The molecule has 0 fully saturated rings. The van der Waals surface area contributed by atoms with Gasteiger partial charge in [-0.25, -0.2) is 0 Å². The Bertz CT molecular complexity index is 335. The third-order valence-electron chi connectivity index (χ3n) is 2.09. The molecular weight excluding hydrogens is 249 g/mol. The van der Waals surface area contributed by atoms with Crippen LogP contribution < -0.4 is 4.74 Å². The van der Waals surface area contributed by atoms with Crippen molar-refractivity contribution in [3.05, 3.63) is 29.8 Å². The van der Waals surface area contributed by atoms with Crippen molar-refractivity contribution in [1.82, 2.24) is 0 Å². The number of hydrogen-bond acceptors (Lipinski definition) is 3. The second-order valence-corrected chi connectivity index (χ2v) is 3.63. The Balaban J connectivity index is 2.19. The molecule has 0 amide bonds. The van der Waals surface area contributed by atoms with Crippen molar-refractivity contribution >= 4 is 0 Å². The van der Waals surface area contributed by atoms with Crippen LogP contribution >= 0.6 is 0 Å². The highest BCUT2D eigenvalue weighted by Gasteiger charge is 2.27. The Morgan fingerprint density at radius 2 is 1.72 bits per heavy atom. The highest BCUT2D eigenvalue weighted by molar-refractivity contribution is 5.27. The minimum absolute atomic E-state index is 0.0649. The molecule has 102 valence electrons. The first kappa shape index (κ1) is 14.8. The molecule has 0 aromatic heterocycles. The van der Waals surface area contributed by atoms with Crippen LogP contribution in [0.4, 0.5) is 13.2 Å². The predicted molar refractivity (Wildman–Crippen MR) is 59.6 cm³/mol. The molecule has 0 atom stereocenters. The zero-order chi connectivity index (χ0) is 13.4. The van der Waals surface area contributed by atoms with E-state index in [0.29, 0.717) is 12.2 Å². The minimum Gasteiger partial charge on any atom is -0.491 e. The maximum Gasteiger partial charge on any atom is 0.411 e. The van der Waals surface area contributed by atoms with Crippen molar-refractivity contribution in [3.8, 4) is 5.75 Å². The Kier molecular flexibility index (Phi) is 5.94. The molecule has 0 heterocycles. The molecule has 0 aliphatic carbocycles. The summed E-state index contributed by atoms with van der Waals surface area (Å²) in [4.78, 5) is 0. The summed E-state index contributed by atoms with van der Waals surface area (Å²) in [5.41, 5.74) is 0.971. The highest BCUT2D eigenvalue weighted by Crippen LogP contribution is 2.15. The van der Waals surface area contributed by atoms with Crippen LogP contribution in [0.3, 0.4) is 0 Å². The van der Waals surface area contributed by atoms with Crippen LogP contribution in [0, 0.1) is 0 Å². The van der Waals surface area contributed by atoms with E-state index >= 15 is 0 Å². The van der Waals surface area contributed by atoms with Crippen molar-refractivity contribution in [1.29, 1.82) is 0 Å². The molecular formula is C12H15F3O3. The maximum atomic E-state index is 11.7. The van der Waals surface area contributed by atoms with E-state index in [2.05, 4.69) is 4.74 Å². The molecule has 0 spiro atoms. The fraction of sp³-hybridized carbons (Fsp3) is 0.500. The lowest BCUT2D eigenvalue weighted by Crippen LogP contribution is -2.19. The molecule has 1 N–H and O–H groups in total. The molecule has 3 nitrogen and oxygen atoms in total.